The summed E-state index contributed by atoms with van der Waals surface area (Å²) >= 11 is 1.46. The van der Waals surface area contributed by atoms with E-state index in [2.05, 4.69) is 15.1 Å². The van der Waals surface area contributed by atoms with E-state index in [1.807, 2.05) is 47.8 Å². The third kappa shape index (κ3) is 4.12. The number of methoxy groups -OCH3 is 2. The first-order chi connectivity index (χ1) is 14.3. The van der Waals surface area contributed by atoms with Crippen molar-refractivity contribution in [3.8, 4) is 22.8 Å². The van der Waals surface area contributed by atoms with Crippen LogP contribution in [0.15, 0.2) is 81.0 Å². The van der Waals surface area contributed by atoms with Gasteiger partial charge in [-0.25, -0.2) is 9.67 Å². The van der Waals surface area contributed by atoms with Gasteiger partial charge in [-0.1, -0.05) is 0 Å². The number of rotatable bonds is 6. The van der Waals surface area contributed by atoms with E-state index in [9.17, 15) is 0 Å². The molecule has 0 atom stereocenters. The lowest BCUT2D eigenvalue weighted by Crippen LogP contribution is -2.11. The minimum atomic E-state index is 0.639. The first-order valence-electron chi connectivity index (χ1n) is 8.74. The summed E-state index contributed by atoms with van der Waals surface area (Å²) in [6.45, 7) is 0. The van der Waals surface area contributed by atoms with Gasteiger partial charge in [0.2, 0.25) is 4.80 Å². The molecule has 4 aromatic rings. The maximum Gasteiger partial charge on any atom is 0.211 e. The largest absolute Gasteiger partial charge is 0.497 e. The van der Waals surface area contributed by atoms with Crippen molar-refractivity contribution in [2.45, 2.75) is 0 Å². The molecule has 0 amide bonds. The van der Waals surface area contributed by atoms with Gasteiger partial charge in [-0.2, -0.15) is 5.10 Å². The van der Waals surface area contributed by atoms with Crippen LogP contribution in [0, 0.1) is 0 Å². The second kappa shape index (κ2) is 8.57. The molecule has 0 unspecified atom stereocenters. The molecule has 1 aromatic carbocycles. The third-order valence-electron chi connectivity index (χ3n) is 4.08. The SMILES string of the molecule is COc1ccc(OC)c(-c2csc(=Nc3cccnc3)n2N=Cc2ccco2)c1. The van der Waals surface area contributed by atoms with Crippen LogP contribution in [0.3, 0.4) is 0 Å². The Kier molecular flexibility index (Phi) is 5.53. The third-order valence-corrected chi connectivity index (χ3v) is 4.90. The Morgan fingerprint density at radius 3 is 2.79 bits per heavy atom. The summed E-state index contributed by atoms with van der Waals surface area (Å²) in [6, 6.07) is 13.0. The van der Waals surface area contributed by atoms with Crippen LogP contribution >= 0.6 is 11.3 Å². The van der Waals surface area contributed by atoms with Crippen molar-refractivity contribution >= 4 is 23.2 Å². The molecule has 3 heterocycles. The second-order valence-electron chi connectivity index (χ2n) is 5.86. The van der Waals surface area contributed by atoms with Gasteiger partial charge in [0.15, 0.2) is 0 Å². The molecule has 0 radical (unpaired) electrons. The van der Waals surface area contributed by atoms with Crippen molar-refractivity contribution in [1.29, 1.82) is 0 Å². The summed E-state index contributed by atoms with van der Waals surface area (Å²) in [5.74, 6) is 2.07. The zero-order chi connectivity index (χ0) is 20.1. The molecule has 3 aromatic heterocycles. The molecule has 0 aliphatic carbocycles. The van der Waals surface area contributed by atoms with E-state index in [1.165, 1.54) is 11.3 Å². The molecular formula is C21H18N4O3S. The number of benzene rings is 1. The van der Waals surface area contributed by atoms with Crippen LogP contribution in [0.1, 0.15) is 5.76 Å². The fraction of sp³-hybridized carbons (Fsp3) is 0.0952. The van der Waals surface area contributed by atoms with Crippen LogP contribution in [0.5, 0.6) is 11.5 Å². The van der Waals surface area contributed by atoms with Gasteiger partial charge in [0.25, 0.3) is 0 Å². The first-order valence-corrected chi connectivity index (χ1v) is 9.62. The van der Waals surface area contributed by atoms with E-state index in [0.717, 1.165) is 22.7 Å². The molecule has 29 heavy (non-hydrogen) atoms. The Bertz CT molecular complexity index is 1180. The summed E-state index contributed by atoms with van der Waals surface area (Å²) in [7, 11) is 3.26. The molecule has 0 N–H and O–H groups in total. The summed E-state index contributed by atoms with van der Waals surface area (Å²) in [5.41, 5.74) is 2.39. The number of pyridine rings is 1. The highest BCUT2D eigenvalue weighted by atomic mass is 32.1. The molecule has 0 bridgehead atoms. The number of hydrogen-bond donors (Lipinski definition) is 0. The number of furan rings is 1. The Labute approximate surface area is 171 Å². The average molecular weight is 406 g/mol. The predicted molar refractivity (Wildman–Crippen MR) is 112 cm³/mol. The van der Waals surface area contributed by atoms with Crippen LogP contribution in [-0.4, -0.2) is 30.1 Å². The highest BCUT2D eigenvalue weighted by molar-refractivity contribution is 7.07. The maximum absolute atomic E-state index is 5.56. The van der Waals surface area contributed by atoms with Crippen molar-refractivity contribution in [3.05, 3.63) is 77.1 Å². The van der Waals surface area contributed by atoms with Crippen molar-refractivity contribution in [2.75, 3.05) is 14.2 Å². The summed E-state index contributed by atoms with van der Waals surface area (Å²) in [4.78, 5) is 9.49. The topological polar surface area (TPSA) is 74.1 Å². The molecule has 0 aliphatic rings. The van der Waals surface area contributed by atoms with Crippen LogP contribution in [0.4, 0.5) is 5.69 Å². The van der Waals surface area contributed by atoms with Gasteiger partial charge in [-0.05, 0) is 42.5 Å². The van der Waals surface area contributed by atoms with E-state index in [4.69, 9.17) is 13.9 Å². The molecule has 0 saturated carbocycles. The zero-order valence-corrected chi connectivity index (χ0v) is 16.7. The fourth-order valence-corrected chi connectivity index (χ4v) is 3.55. The van der Waals surface area contributed by atoms with Crippen LogP contribution in [-0.2, 0) is 0 Å². The smallest absolute Gasteiger partial charge is 0.211 e. The van der Waals surface area contributed by atoms with Crippen molar-refractivity contribution in [1.82, 2.24) is 9.66 Å². The minimum absolute atomic E-state index is 0.639. The Balaban J connectivity index is 1.90. The normalized spacial score (nSPS) is 11.9. The van der Waals surface area contributed by atoms with Gasteiger partial charge < -0.3 is 13.9 Å². The van der Waals surface area contributed by atoms with Crippen LogP contribution in [0.25, 0.3) is 11.3 Å². The van der Waals surface area contributed by atoms with Gasteiger partial charge in [0, 0.05) is 17.1 Å². The zero-order valence-electron chi connectivity index (χ0n) is 15.9. The lowest BCUT2D eigenvalue weighted by molar-refractivity contribution is 0.404. The molecule has 0 saturated heterocycles. The molecule has 0 spiro atoms. The summed E-state index contributed by atoms with van der Waals surface area (Å²) in [5, 5.41) is 6.59. The Hall–Kier alpha value is -3.65. The Morgan fingerprint density at radius 2 is 2.07 bits per heavy atom. The summed E-state index contributed by atoms with van der Waals surface area (Å²) < 4.78 is 18.1. The van der Waals surface area contributed by atoms with Crippen molar-refractivity contribution in [2.24, 2.45) is 10.1 Å². The highest BCUT2D eigenvalue weighted by Gasteiger charge is 2.14. The first kappa shape index (κ1) is 18.7. The number of aromatic nitrogens is 2. The molecule has 7 nitrogen and oxygen atoms in total. The lowest BCUT2D eigenvalue weighted by atomic mass is 10.1. The van der Waals surface area contributed by atoms with Crippen molar-refractivity contribution in [3.63, 3.8) is 0 Å². The average Bonchev–Trinajstić information content (AvgIpc) is 3.42. The van der Waals surface area contributed by atoms with Gasteiger partial charge in [-0.3, -0.25) is 4.98 Å². The monoisotopic (exact) mass is 406 g/mol. The van der Waals surface area contributed by atoms with E-state index >= 15 is 0 Å². The quantitative estimate of drug-likeness (QED) is 0.447. The second-order valence-corrected chi connectivity index (χ2v) is 6.70. The van der Waals surface area contributed by atoms with E-state index < -0.39 is 0 Å². The predicted octanol–water partition coefficient (Wildman–Crippen LogP) is 4.34. The minimum Gasteiger partial charge on any atom is -0.497 e. The van der Waals surface area contributed by atoms with Crippen LogP contribution in [0.2, 0.25) is 0 Å². The van der Waals surface area contributed by atoms with E-state index in [-0.39, 0.29) is 0 Å². The molecule has 0 fully saturated rings. The van der Waals surface area contributed by atoms with Gasteiger partial charge in [-0.15, -0.1) is 11.3 Å². The number of nitrogens with zero attached hydrogens (tertiary/aromatic N) is 4. The van der Waals surface area contributed by atoms with Crippen LogP contribution < -0.4 is 14.3 Å². The molecule has 146 valence electrons. The Morgan fingerprint density at radius 1 is 1.14 bits per heavy atom. The number of thiazole rings is 1. The standard InChI is InChI=1S/C21H18N4O3S/c1-26-16-7-8-20(27-2)18(11-16)19-14-29-21(24-15-5-3-9-22-12-15)25(19)23-13-17-6-4-10-28-17/h3-14H,1-2H3. The number of ether oxygens (including phenoxy) is 2. The van der Waals surface area contributed by atoms with Gasteiger partial charge >= 0.3 is 0 Å². The van der Waals surface area contributed by atoms with Crippen molar-refractivity contribution < 1.29 is 13.9 Å². The fourth-order valence-electron chi connectivity index (χ4n) is 2.70. The van der Waals surface area contributed by atoms with E-state index in [0.29, 0.717) is 16.3 Å². The van der Waals surface area contributed by atoms with E-state index in [1.54, 1.807) is 43.8 Å². The maximum atomic E-state index is 5.56. The lowest BCUT2D eigenvalue weighted by Gasteiger charge is -2.10. The number of hydrogen-bond acceptors (Lipinski definition) is 7. The highest BCUT2D eigenvalue weighted by Crippen LogP contribution is 2.33. The molecule has 0 aliphatic heterocycles. The molecular weight excluding hydrogens is 388 g/mol. The summed E-state index contributed by atoms with van der Waals surface area (Å²) in [6.07, 6.45) is 6.66. The molecule has 4 rings (SSSR count). The molecule has 8 heteroatoms. The van der Waals surface area contributed by atoms with Gasteiger partial charge in [0.1, 0.15) is 17.3 Å². The van der Waals surface area contributed by atoms with Gasteiger partial charge in [0.05, 0.1) is 44.3 Å².